The first-order valence-electron chi connectivity index (χ1n) is 33.8. The van der Waals surface area contributed by atoms with Crippen LogP contribution >= 0.6 is 0 Å². The summed E-state index contributed by atoms with van der Waals surface area (Å²) in [5, 5.41) is 21.8. The normalized spacial score (nSPS) is 25.0. The highest BCUT2D eigenvalue weighted by Gasteiger charge is 2.58. The molecule has 0 radical (unpaired) electrons. The number of esters is 2. The Hall–Kier alpha value is -5.12. The highest BCUT2D eigenvalue weighted by molar-refractivity contribution is 7.88. The molecule has 2 spiro atoms. The molecule has 2 unspecified atom stereocenters. The molecule has 21 heteroatoms. The van der Waals surface area contributed by atoms with Gasteiger partial charge in [-0.3, -0.25) is 9.59 Å². The van der Waals surface area contributed by atoms with E-state index < -0.39 is 50.8 Å². The Morgan fingerprint density at radius 2 is 1.03 bits per heavy atom. The molecular weight excluding hydrogens is 1200 g/mol. The van der Waals surface area contributed by atoms with E-state index in [0.717, 1.165) is 76.6 Å². The number of ether oxygens (including phenoxy) is 2. The number of aliphatic imine (C=N–C) groups is 2. The number of amidine groups is 1. The second-order valence-electron chi connectivity index (χ2n) is 31.8. The predicted molar refractivity (Wildman–Crippen MR) is 354 cm³/mol. The highest BCUT2D eigenvalue weighted by Crippen LogP contribution is 2.52. The van der Waals surface area contributed by atoms with E-state index >= 15 is 0 Å². The molecule has 2 amide bonds. The van der Waals surface area contributed by atoms with Crippen LogP contribution in [-0.4, -0.2) is 137 Å². The van der Waals surface area contributed by atoms with Gasteiger partial charge in [0.1, 0.15) is 11.3 Å². The summed E-state index contributed by atoms with van der Waals surface area (Å²) in [6, 6.07) is 13.4. The summed E-state index contributed by atoms with van der Waals surface area (Å²) in [6.45, 7) is 37.4. The lowest BCUT2D eigenvalue weighted by atomic mass is 9.69. The zero-order valence-corrected chi connectivity index (χ0v) is 59.0. The van der Waals surface area contributed by atoms with Crippen LogP contribution in [0.4, 0.5) is 13.2 Å². The molecule has 4 atom stereocenters. The Bertz CT molecular complexity index is 2960. The number of nitrogens with one attached hydrogen (secondary N) is 1. The Labute approximate surface area is 548 Å². The number of halogens is 3. The van der Waals surface area contributed by atoms with Crippen molar-refractivity contribution < 1.29 is 64.6 Å². The van der Waals surface area contributed by atoms with Gasteiger partial charge in [-0.1, -0.05) is 107 Å². The minimum atomic E-state index is -6.11. The Morgan fingerprint density at radius 3 is 1.39 bits per heavy atom. The summed E-state index contributed by atoms with van der Waals surface area (Å²) < 4.78 is 78.7. The van der Waals surface area contributed by atoms with Crippen LogP contribution in [0.2, 0.25) is 0 Å². The number of likely N-dealkylation sites (tertiary alicyclic amines) is 1. The van der Waals surface area contributed by atoms with Gasteiger partial charge in [0.25, 0.3) is 11.8 Å². The zero-order chi connectivity index (χ0) is 68.6. The van der Waals surface area contributed by atoms with Crippen molar-refractivity contribution in [3.05, 3.63) is 70.8 Å². The molecule has 17 nitrogen and oxygen atoms in total. The molecule has 518 valence electrons. The first-order valence-corrected chi connectivity index (χ1v) is 35.2. The van der Waals surface area contributed by atoms with Crippen molar-refractivity contribution in [3.8, 4) is 0 Å². The monoisotopic (exact) mass is 1310 g/mol. The van der Waals surface area contributed by atoms with Crippen LogP contribution in [0.15, 0.2) is 58.5 Å². The zero-order valence-electron chi connectivity index (χ0n) is 58.1. The van der Waals surface area contributed by atoms with Gasteiger partial charge in [-0.05, 0) is 218 Å². The average Bonchev–Trinajstić information content (AvgIpc) is 1.58. The standard InChI is InChI=1S/C35H55N3O4.C30H43F3N2O6S.C6H13NO/c1-24(2)42-32(41)27-13-11-26(12-14-27)29(17-18-33(3,4)5)38-31(40)30(37-21-9-10-25(22-37)23-39)36-35(38)19-15-28(16-20-35)34(6,7)8;1-19(2)40-26(37)21-11-9-20(10-12-21)23(15-16-27(3,4)5)35-25(36)24(41-42(38,39)30(31,32)33)34-29(35)17-13-22(14-18-29)28(6,7)8;8-5-6-2-1-3-7-4-6/h11-14,24-25,28-29,39H,9-10,15-23H2,1-8H3;9-12,19,22-23H,13-18H2,1-8H3;6-8H,1-5H2/t25?,28?,29-,35?;22?,23-,29?;/m11./s1. The second-order valence-corrected chi connectivity index (χ2v) is 33.4. The molecule has 4 aliphatic heterocycles. The van der Waals surface area contributed by atoms with Gasteiger partial charge in [0, 0.05) is 32.8 Å². The van der Waals surface area contributed by atoms with E-state index in [1.165, 1.54) is 17.7 Å². The molecule has 2 aromatic rings. The van der Waals surface area contributed by atoms with Crippen molar-refractivity contribution in [3.63, 3.8) is 0 Å². The third kappa shape index (κ3) is 20.0. The minimum Gasteiger partial charge on any atom is -0.459 e. The molecule has 4 fully saturated rings. The van der Waals surface area contributed by atoms with Crippen molar-refractivity contribution in [1.29, 1.82) is 0 Å². The number of alkyl halides is 3. The number of amides is 2. The van der Waals surface area contributed by atoms with E-state index in [4.69, 9.17) is 19.6 Å². The third-order valence-electron chi connectivity index (χ3n) is 19.3. The number of hydrogen-bond donors (Lipinski definition) is 3. The summed E-state index contributed by atoms with van der Waals surface area (Å²) in [5.74, 6) is -0.733. The number of aliphatic hydroxyl groups is 2. The Balaban J connectivity index is 0.000000260. The smallest absolute Gasteiger partial charge is 0.459 e. The molecule has 92 heavy (non-hydrogen) atoms. The maximum Gasteiger partial charge on any atom is 0.534 e. The second kappa shape index (κ2) is 30.7. The van der Waals surface area contributed by atoms with Crippen LogP contribution in [0.25, 0.3) is 0 Å². The molecule has 2 saturated heterocycles. The number of carbonyl (C=O) groups excluding carboxylic acids is 4. The highest BCUT2D eigenvalue weighted by atomic mass is 32.2. The van der Waals surface area contributed by atoms with Gasteiger partial charge in [0.2, 0.25) is 0 Å². The Morgan fingerprint density at radius 1 is 0.620 bits per heavy atom. The summed E-state index contributed by atoms with van der Waals surface area (Å²) in [6.07, 6.45) is 12.4. The van der Waals surface area contributed by atoms with Crippen molar-refractivity contribution in [1.82, 2.24) is 20.0 Å². The molecule has 2 aromatic carbocycles. The number of rotatable bonds is 15. The number of aliphatic hydroxyl groups excluding tert-OH is 2. The lowest BCUT2D eigenvalue weighted by molar-refractivity contribution is -0.135. The molecule has 2 saturated carbocycles. The largest absolute Gasteiger partial charge is 0.534 e. The molecule has 8 rings (SSSR count). The summed E-state index contributed by atoms with van der Waals surface area (Å²) in [5.41, 5.74) is -4.92. The molecule has 4 heterocycles. The average molecular weight is 1310 g/mol. The number of carbonyl (C=O) groups is 4. The quantitative estimate of drug-likeness (QED) is 0.0860. The first-order chi connectivity index (χ1) is 42.6. The summed E-state index contributed by atoms with van der Waals surface area (Å²) in [7, 11) is -6.11. The fraction of sp³-hybridized carbons (Fsp3) is 0.746. The number of nitrogens with zero attached hydrogens (tertiary/aromatic N) is 5. The number of benzene rings is 2. The van der Waals surface area contributed by atoms with Gasteiger partial charge in [-0.2, -0.15) is 21.6 Å². The molecule has 6 aliphatic rings. The van der Waals surface area contributed by atoms with Crippen LogP contribution in [0.1, 0.15) is 257 Å². The first kappa shape index (κ1) is 75.9. The van der Waals surface area contributed by atoms with E-state index in [9.17, 15) is 45.9 Å². The number of hydrogen-bond acceptors (Lipinski definition) is 15. The van der Waals surface area contributed by atoms with Crippen molar-refractivity contribution in [2.75, 3.05) is 39.4 Å². The van der Waals surface area contributed by atoms with E-state index in [-0.39, 0.29) is 70.2 Å². The van der Waals surface area contributed by atoms with Crippen LogP contribution in [-0.2, 0) is 33.4 Å². The van der Waals surface area contributed by atoms with Crippen molar-refractivity contribution in [2.24, 2.45) is 55.3 Å². The molecule has 0 bridgehead atoms. The van der Waals surface area contributed by atoms with Gasteiger partial charge < -0.3 is 43.9 Å². The molecule has 2 aliphatic carbocycles. The maximum absolute atomic E-state index is 14.6. The molecule has 0 aromatic heterocycles. The maximum atomic E-state index is 14.6. The summed E-state index contributed by atoms with van der Waals surface area (Å²) >= 11 is 0. The van der Waals surface area contributed by atoms with Crippen LogP contribution < -0.4 is 5.32 Å². The lowest BCUT2D eigenvalue weighted by Gasteiger charge is -2.47. The van der Waals surface area contributed by atoms with Crippen molar-refractivity contribution >= 4 is 45.6 Å². The van der Waals surface area contributed by atoms with E-state index in [1.54, 1.807) is 38.1 Å². The van der Waals surface area contributed by atoms with Gasteiger partial charge in [-0.15, -0.1) is 0 Å². The van der Waals surface area contributed by atoms with E-state index in [0.29, 0.717) is 86.0 Å². The van der Waals surface area contributed by atoms with Crippen LogP contribution in [0.3, 0.4) is 0 Å². The fourth-order valence-corrected chi connectivity index (χ4v) is 14.2. The predicted octanol–water partition coefficient (Wildman–Crippen LogP) is 14.1. The topological polar surface area (TPSA) is 217 Å². The third-order valence-corrected chi connectivity index (χ3v) is 20.2. The van der Waals surface area contributed by atoms with Crippen LogP contribution in [0.5, 0.6) is 0 Å². The fourth-order valence-electron chi connectivity index (χ4n) is 13.8. The van der Waals surface area contributed by atoms with E-state index in [1.807, 2.05) is 58.9 Å². The minimum absolute atomic E-state index is 0.0185. The van der Waals surface area contributed by atoms with Crippen LogP contribution in [0, 0.1) is 45.3 Å². The SMILES string of the molecule is CC(C)OC(=O)c1ccc([C@@H](CCC(C)(C)C)N2C(=O)C(N3CCCC(CO)C3)=NC23CCC(C(C)(C)C)CC3)cc1.CC(C)OC(=O)c1ccc([C@@H](CCC(C)(C)C)N2C(=O)C(OS(=O)(=O)C(F)(F)F)=NC23CCC(C(C)(C)C)CC3)cc1.OCC1CCCNC1. The summed E-state index contributed by atoms with van der Waals surface area (Å²) in [4.78, 5) is 68.9. The van der Waals surface area contributed by atoms with E-state index in [2.05, 4.69) is 86.6 Å². The molecule has 3 N–H and O–H groups in total. The van der Waals surface area contributed by atoms with Crippen molar-refractivity contribution in [2.45, 2.75) is 255 Å². The van der Waals surface area contributed by atoms with Gasteiger partial charge >= 0.3 is 33.5 Å². The van der Waals surface area contributed by atoms with Gasteiger partial charge in [0.05, 0.1) is 35.4 Å². The molecular formula is C71H111F3N6O11S. The number of piperidine rings is 2. The Kier molecular flexibility index (Phi) is 25.4. The van der Waals surface area contributed by atoms with Gasteiger partial charge in [-0.25, -0.2) is 19.6 Å². The van der Waals surface area contributed by atoms with Gasteiger partial charge in [0.15, 0.2) is 5.84 Å². The lowest BCUT2D eigenvalue weighted by Crippen LogP contribution is -2.52.